The molecule has 1 heterocycles. The van der Waals surface area contributed by atoms with Crippen LogP contribution in [0.2, 0.25) is 0 Å². The minimum Gasteiger partial charge on any atom is -0.372 e. The van der Waals surface area contributed by atoms with E-state index in [2.05, 4.69) is 13.8 Å². The van der Waals surface area contributed by atoms with E-state index >= 15 is 0 Å². The first-order valence-electron chi connectivity index (χ1n) is 3.34. The average molecular weight is 129 g/mol. The van der Waals surface area contributed by atoms with Crippen LogP contribution in [0.15, 0.2) is 0 Å². The first-order valence-corrected chi connectivity index (χ1v) is 3.34. The van der Waals surface area contributed by atoms with Crippen LogP contribution >= 0.6 is 0 Å². The maximum Gasteiger partial charge on any atom is 0.112 e. The Kier molecular flexibility index (Phi) is 2.09. The molecule has 1 aliphatic heterocycles. The standard InChI is InChI=1S/C7H13O2/c1-3-4-8-5-7(2)6-9-7/h4H,3,5-6H2,1-2H3. The lowest BCUT2D eigenvalue weighted by Gasteiger charge is -2.03. The molecule has 0 aromatic carbocycles. The Balaban J connectivity index is 1.92. The molecule has 2 nitrogen and oxygen atoms in total. The van der Waals surface area contributed by atoms with E-state index in [1.165, 1.54) is 0 Å². The molecule has 0 N–H and O–H groups in total. The van der Waals surface area contributed by atoms with Crippen molar-refractivity contribution in [1.29, 1.82) is 0 Å². The van der Waals surface area contributed by atoms with Gasteiger partial charge in [-0.25, -0.2) is 0 Å². The highest BCUT2D eigenvalue weighted by Crippen LogP contribution is 2.25. The molecule has 1 rings (SSSR count). The van der Waals surface area contributed by atoms with Crippen LogP contribution in [0.3, 0.4) is 0 Å². The van der Waals surface area contributed by atoms with Gasteiger partial charge in [-0.1, -0.05) is 6.92 Å². The first-order chi connectivity index (χ1) is 4.27. The molecule has 0 bridgehead atoms. The summed E-state index contributed by atoms with van der Waals surface area (Å²) in [7, 11) is 0. The van der Waals surface area contributed by atoms with Crippen molar-refractivity contribution in [2.45, 2.75) is 25.9 Å². The van der Waals surface area contributed by atoms with E-state index in [0.29, 0.717) is 6.61 Å². The molecule has 1 saturated heterocycles. The third-order valence-electron chi connectivity index (χ3n) is 1.31. The zero-order chi connectivity index (χ0) is 6.74. The van der Waals surface area contributed by atoms with Crippen LogP contribution in [0.1, 0.15) is 20.3 Å². The van der Waals surface area contributed by atoms with Crippen LogP contribution in [0.4, 0.5) is 0 Å². The number of rotatable bonds is 4. The van der Waals surface area contributed by atoms with Crippen LogP contribution in [0.25, 0.3) is 0 Å². The van der Waals surface area contributed by atoms with Gasteiger partial charge in [0.2, 0.25) is 0 Å². The second-order valence-corrected chi connectivity index (χ2v) is 2.62. The molecule has 2 heteroatoms. The average Bonchev–Trinajstić information content (AvgIpc) is 2.50. The van der Waals surface area contributed by atoms with Crippen molar-refractivity contribution in [2.24, 2.45) is 0 Å². The second-order valence-electron chi connectivity index (χ2n) is 2.62. The summed E-state index contributed by atoms with van der Waals surface area (Å²) < 4.78 is 10.3. The van der Waals surface area contributed by atoms with Crippen LogP contribution in [0.5, 0.6) is 0 Å². The van der Waals surface area contributed by atoms with E-state index < -0.39 is 0 Å². The zero-order valence-corrected chi connectivity index (χ0v) is 6.02. The highest BCUT2D eigenvalue weighted by molar-refractivity contribution is 4.86. The SMILES string of the molecule is CC[CH]OCC1(C)CO1. The van der Waals surface area contributed by atoms with Crippen molar-refractivity contribution in [3.63, 3.8) is 0 Å². The second kappa shape index (κ2) is 2.67. The summed E-state index contributed by atoms with van der Waals surface area (Å²) in [5, 5.41) is 0. The minimum atomic E-state index is 0.0473. The Labute approximate surface area is 56.2 Å². The van der Waals surface area contributed by atoms with Crippen molar-refractivity contribution < 1.29 is 9.47 Å². The fraction of sp³-hybridized carbons (Fsp3) is 0.857. The molecule has 0 amide bonds. The van der Waals surface area contributed by atoms with Gasteiger partial charge in [-0.05, 0) is 13.3 Å². The largest absolute Gasteiger partial charge is 0.372 e. The summed E-state index contributed by atoms with van der Waals surface area (Å²) in [6.45, 7) is 7.48. The molecule has 53 valence electrons. The van der Waals surface area contributed by atoms with E-state index in [9.17, 15) is 0 Å². The van der Waals surface area contributed by atoms with Crippen molar-refractivity contribution in [2.75, 3.05) is 13.2 Å². The maximum atomic E-state index is 5.16. The van der Waals surface area contributed by atoms with Gasteiger partial charge in [-0.3, -0.25) is 0 Å². The van der Waals surface area contributed by atoms with E-state index in [0.717, 1.165) is 13.0 Å². The Morgan fingerprint density at radius 2 is 2.44 bits per heavy atom. The molecular weight excluding hydrogens is 116 g/mol. The maximum absolute atomic E-state index is 5.16. The fourth-order valence-corrected chi connectivity index (χ4v) is 0.560. The number of hydrogen-bond donors (Lipinski definition) is 0. The monoisotopic (exact) mass is 129 g/mol. The Morgan fingerprint density at radius 1 is 1.78 bits per heavy atom. The molecule has 1 radical (unpaired) electrons. The number of hydrogen-bond acceptors (Lipinski definition) is 2. The molecule has 1 aliphatic rings. The molecule has 9 heavy (non-hydrogen) atoms. The van der Waals surface area contributed by atoms with E-state index in [-0.39, 0.29) is 5.60 Å². The summed E-state index contributed by atoms with van der Waals surface area (Å²) in [6.07, 6.45) is 0.968. The van der Waals surface area contributed by atoms with Gasteiger partial charge in [0.15, 0.2) is 0 Å². The van der Waals surface area contributed by atoms with Crippen LogP contribution in [0, 0.1) is 6.61 Å². The summed E-state index contributed by atoms with van der Waals surface area (Å²) in [5.74, 6) is 0. The third kappa shape index (κ3) is 2.33. The quantitative estimate of drug-likeness (QED) is 0.422. The zero-order valence-electron chi connectivity index (χ0n) is 6.02. The van der Waals surface area contributed by atoms with E-state index in [4.69, 9.17) is 9.47 Å². The Hall–Kier alpha value is -0.0800. The van der Waals surface area contributed by atoms with E-state index in [1.807, 2.05) is 6.61 Å². The number of epoxide rings is 1. The molecular formula is C7H13O2. The van der Waals surface area contributed by atoms with Crippen molar-refractivity contribution in [1.82, 2.24) is 0 Å². The molecule has 0 saturated carbocycles. The Bertz CT molecular complexity index is 86.9. The lowest BCUT2D eigenvalue weighted by molar-refractivity contribution is 0.128. The van der Waals surface area contributed by atoms with Gasteiger partial charge >= 0.3 is 0 Å². The van der Waals surface area contributed by atoms with Gasteiger partial charge in [0.05, 0.1) is 19.8 Å². The lowest BCUT2D eigenvalue weighted by atomic mass is 10.2. The molecule has 1 fully saturated rings. The van der Waals surface area contributed by atoms with E-state index in [1.54, 1.807) is 0 Å². The molecule has 1 atom stereocenters. The van der Waals surface area contributed by atoms with Gasteiger partial charge in [0.25, 0.3) is 0 Å². The van der Waals surface area contributed by atoms with Crippen molar-refractivity contribution in [3.05, 3.63) is 6.61 Å². The molecule has 1 unspecified atom stereocenters. The topological polar surface area (TPSA) is 21.8 Å². The summed E-state index contributed by atoms with van der Waals surface area (Å²) in [4.78, 5) is 0. The van der Waals surface area contributed by atoms with Gasteiger partial charge in [0.1, 0.15) is 5.60 Å². The highest BCUT2D eigenvalue weighted by Gasteiger charge is 2.39. The van der Waals surface area contributed by atoms with Crippen LogP contribution < -0.4 is 0 Å². The smallest absolute Gasteiger partial charge is 0.112 e. The first kappa shape index (κ1) is 7.03. The van der Waals surface area contributed by atoms with Crippen molar-refractivity contribution >= 4 is 0 Å². The highest BCUT2D eigenvalue weighted by atomic mass is 16.6. The molecule has 0 aliphatic carbocycles. The predicted octanol–water partition coefficient (Wildman–Crippen LogP) is 1.36. The summed E-state index contributed by atoms with van der Waals surface area (Å²) in [6, 6.07) is 0. The van der Waals surface area contributed by atoms with Gasteiger partial charge in [-0.15, -0.1) is 0 Å². The summed E-state index contributed by atoms with van der Waals surface area (Å²) in [5.41, 5.74) is 0.0473. The Morgan fingerprint density at radius 3 is 2.89 bits per heavy atom. The van der Waals surface area contributed by atoms with Crippen LogP contribution in [-0.4, -0.2) is 18.8 Å². The molecule has 0 aromatic heterocycles. The van der Waals surface area contributed by atoms with Gasteiger partial charge < -0.3 is 9.47 Å². The minimum absolute atomic E-state index is 0.0473. The normalized spacial score (nSPS) is 32.7. The third-order valence-corrected chi connectivity index (χ3v) is 1.31. The lowest BCUT2D eigenvalue weighted by Crippen LogP contribution is -2.12. The molecule has 0 spiro atoms. The van der Waals surface area contributed by atoms with Crippen molar-refractivity contribution in [3.8, 4) is 0 Å². The summed E-state index contributed by atoms with van der Waals surface area (Å²) >= 11 is 0. The fourth-order valence-electron chi connectivity index (χ4n) is 0.560. The number of ether oxygens (including phenoxy) is 2. The van der Waals surface area contributed by atoms with Gasteiger partial charge in [0, 0.05) is 0 Å². The molecule has 0 aromatic rings. The van der Waals surface area contributed by atoms with Crippen LogP contribution in [-0.2, 0) is 9.47 Å². The van der Waals surface area contributed by atoms with Gasteiger partial charge in [-0.2, -0.15) is 0 Å². The predicted molar refractivity (Wildman–Crippen MR) is 34.9 cm³/mol.